The molecule has 1 fully saturated rings. The van der Waals surface area contributed by atoms with Crippen LogP contribution < -0.4 is 11.1 Å². The molecule has 0 bridgehead atoms. The molecule has 3 N–H and O–H groups in total. The molecule has 1 aliphatic carbocycles. The third kappa shape index (κ3) is 3.85. The molecular formula is C18H28N2O. The summed E-state index contributed by atoms with van der Waals surface area (Å²) in [5.41, 5.74) is 7.27. The molecule has 3 nitrogen and oxygen atoms in total. The Bertz CT molecular complexity index is 442. The number of hydrogen-bond donors (Lipinski definition) is 2. The quantitative estimate of drug-likeness (QED) is 0.843. The molecule has 0 radical (unpaired) electrons. The normalized spacial score (nSPS) is 23.2. The summed E-state index contributed by atoms with van der Waals surface area (Å²) in [6.07, 6.45) is 5.09. The molecule has 2 rings (SSSR count). The summed E-state index contributed by atoms with van der Waals surface area (Å²) in [6, 6.07) is 10.4. The summed E-state index contributed by atoms with van der Waals surface area (Å²) < 4.78 is 0. The first-order chi connectivity index (χ1) is 10.2. The standard InChI is InChI=1S/C18H28N2O/c1-3-13(4-2)17(14-9-6-5-7-10-14)20-18(21)15-11-8-12-16(15)19/h5-7,9-10,13,15-17H,3-4,8,11-12,19H2,1-2H3,(H,20,21). The molecule has 1 amide bonds. The number of carbonyl (C=O) groups is 1. The number of nitrogens with one attached hydrogen (secondary N) is 1. The molecular weight excluding hydrogens is 260 g/mol. The lowest BCUT2D eigenvalue weighted by Crippen LogP contribution is -2.42. The monoisotopic (exact) mass is 288 g/mol. The van der Waals surface area contributed by atoms with Gasteiger partial charge in [0.2, 0.25) is 5.91 Å². The van der Waals surface area contributed by atoms with E-state index in [1.165, 1.54) is 5.56 Å². The molecule has 3 heteroatoms. The van der Waals surface area contributed by atoms with Gasteiger partial charge in [0.25, 0.3) is 0 Å². The van der Waals surface area contributed by atoms with Crippen molar-refractivity contribution in [3.05, 3.63) is 35.9 Å². The highest BCUT2D eigenvalue weighted by atomic mass is 16.2. The molecule has 0 heterocycles. The lowest BCUT2D eigenvalue weighted by molar-refractivity contribution is -0.126. The first kappa shape index (κ1) is 16.0. The molecule has 1 aliphatic rings. The average molecular weight is 288 g/mol. The Kier molecular flexibility index (Phi) is 5.80. The third-order valence-corrected chi connectivity index (χ3v) is 4.88. The molecule has 1 aromatic carbocycles. The van der Waals surface area contributed by atoms with Crippen LogP contribution in [0.1, 0.15) is 57.6 Å². The highest BCUT2D eigenvalue weighted by molar-refractivity contribution is 5.80. The summed E-state index contributed by atoms with van der Waals surface area (Å²) in [6.45, 7) is 4.38. The predicted octanol–water partition coefficient (Wildman–Crippen LogP) is 3.41. The van der Waals surface area contributed by atoms with E-state index in [9.17, 15) is 4.79 Å². The van der Waals surface area contributed by atoms with E-state index in [0.717, 1.165) is 32.1 Å². The first-order valence-electron chi connectivity index (χ1n) is 8.28. The van der Waals surface area contributed by atoms with E-state index >= 15 is 0 Å². The maximum Gasteiger partial charge on any atom is 0.225 e. The minimum Gasteiger partial charge on any atom is -0.349 e. The highest BCUT2D eigenvalue weighted by Gasteiger charge is 2.32. The lowest BCUT2D eigenvalue weighted by Gasteiger charge is -2.29. The summed E-state index contributed by atoms with van der Waals surface area (Å²) in [4.78, 5) is 12.6. The van der Waals surface area contributed by atoms with Crippen molar-refractivity contribution in [1.29, 1.82) is 0 Å². The molecule has 3 unspecified atom stereocenters. The Labute approximate surface area is 128 Å². The molecule has 3 atom stereocenters. The molecule has 0 saturated heterocycles. The van der Waals surface area contributed by atoms with Gasteiger partial charge in [0, 0.05) is 6.04 Å². The second kappa shape index (κ2) is 7.60. The number of carbonyl (C=O) groups excluding carboxylic acids is 1. The van der Waals surface area contributed by atoms with E-state index in [2.05, 4.69) is 31.3 Å². The summed E-state index contributed by atoms with van der Waals surface area (Å²) >= 11 is 0. The number of amides is 1. The van der Waals surface area contributed by atoms with Crippen molar-refractivity contribution in [3.63, 3.8) is 0 Å². The van der Waals surface area contributed by atoms with E-state index < -0.39 is 0 Å². The fourth-order valence-corrected chi connectivity index (χ4v) is 3.47. The molecule has 0 aromatic heterocycles. The molecule has 0 aliphatic heterocycles. The van der Waals surface area contributed by atoms with Gasteiger partial charge in [0.05, 0.1) is 12.0 Å². The minimum absolute atomic E-state index is 0.00873. The Morgan fingerprint density at radius 2 is 1.90 bits per heavy atom. The van der Waals surface area contributed by atoms with Crippen molar-refractivity contribution in [2.24, 2.45) is 17.6 Å². The maximum atomic E-state index is 12.6. The van der Waals surface area contributed by atoms with Crippen LogP contribution in [0.3, 0.4) is 0 Å². The summed E-state index contributed by atoms with van der Waals surface area (Å²) in [5.74, 6) is 0.598. The molecule has 1 aromatic rings. The largest absolute Gasteiger partial charge is 0.349 e. The zero-order valence-electron chi connectivity index (χ0n) is 13.2. The van der Waals surface area contributed by atoms with Crippen molar-refractivity contribution in [3.8, 4) is 0 Å². The number of hydrogen-bond acceptors (Lipinski definition) is 2. The van der Waals surface area contributed by atoms with Crippen LogP contribution >= 0.6 is 0 Å². The number of benzene rings is 1. The van der Waals surface area contributed by atoms with Gasteiger partial charge in [-0.15, -0.1) is 0 Å². The van der Waals surface area contributed by atoms with Gasteiger partial charge >= 0.3 is 0 Å². The van der Waals surface area contributed by atoms with Gasteiger partial charge in [-0.3, -0.25) is 4.79 Å². The smallest absolute Gasteiger partial charge is 0.225 e. The van der Waals surface area contributed by atoms with Crippen LogP contribution in [0.5, 0.6) is 0 Å². The topological polar surface area (TPSA) is 55.1 Å². The molecule has 116 valence electrons. The summed E-state index contributed by atoms with van der Waals surface area (Å²) in [7, 11) is 0. The minimum atomic E-state index is -0.00873. The molecule has 1 saturated carbocycles. The van der Waals surface area contributed by atoms with E-state index in [0.29, 0.717) is 5.92 Å². The SMILES string of the molecule is CCC(CC)C(NC(=O)C1CCCC1N)c1ccccc1. The van der Waals surface area contributed by atoms with Gasteiger partial charge in [-0.2, -0.15) is 0 Å². The van der Waals surface area contributed by atoms with Crippen LogP contribution in [-0.4, -0.2) is 11.9 Å². The van der Waals surface area contributed by atoms with Crippen LogP contribution in [0, 0.1) is 11.8 Å². The van der Waals surface area contributed by atoms with Crippen LogP contribution in [0.2, 0.25) is 0 Å². The van der Waals surface area contributed by atoms with Gasteiger partial charge in [-0.1, -0.05) is 63.4 Å². The Hall–Kier alpha value is -1.35. The lowest BCUT2D eigenvalue weighted by atomic mass is 9.88. The van der Waals surface area contributed by atoms with E-state index in [-0.39, 0.29) is 23.9 Å². The average Bonchev–Trinajstić information content (AvgIpc) is 2.94. The van der Waals surface area contributed by atoms with Gasteiger partial charge in [-0.25, -0.2) is 0 Å². The molecule has 21 heavy (non-hydrogen) atoms. The maximum absolute atomic E-state index is 12.6. The van der Waals surface area contributed by atoms with Crippen molar-refractivity contribution < 1.29 is 4.79 Å². The zero-order valence-corrected chi connectivity index (χ0v) is 13.2. The Balaban J connectivity index is 2.14. The summed E-state index contributed by atoms with van der Waals surface area (Å²) in [5, 5.41) is 3.29. The first-order valence-corrected chi connectivity index (χ1v) is 8.28. The van der Waals surface area contributed by atoms with Gasteiger partial charge in [0.1, 0.15) is 0 Å². The van der Waals surface area contributed by atoms with Crippen molar-refractivity contribution in [2.45, 2.75) is 58.0 Å². The van der Waals surface area contributed by atoms with E-state index in [4.69, 9.17) is 5.73 Å². The van der Waals surface area contributed by atoms with Gasteiger partial charge < -0.3 is 11.1 Å². The zero-order chi connectivity index (χ0) is 15.2. The Morgan fingerprint density at radius 3 is 2.43 bits per heavy atom. The van der Waals surface area contributed by atoms with Crippen molar-refractivity contribution >= 4 is 5.91 Å². The van der Waals surface area contributed by atoms with Crippen LogP contribution in [-0.2, 0) is 4.79 Å². The molecule has 0 spiro atoms. The second-order valence-electron chi connectivity index (χ2n) is 6.17. The van der Waals surface area contributed by atoms with E-state index in [1.54, 1.807) is 0 Å². The number of rotatable bonds is 6. The fraction of sp³-hybridized carbons (Fsp3) is 0.611. The van der Waals surface area contributed by atoms with Crippen LogP contribution in [0.25, 0.3) is 0 Å². The second-order valence-corrected chi connectivity index (χ2v) is 6.17. The van der Waals surface area contributed by atoms with Gasteiger partial charge in [0.15, 0.2) is 0 Å². The van der Waals surface area contributed by atoms with Crippen LogP contribution in [0.4, 0.5) is 0 Å². The highest BCUT2D eigenvalue weighted by Crippen LogP contribution is 2.30. The van der Waals surface area contributed by atoms with E-state index in [1.807, 2.05) is 18.2 Å². The Morgan fingerprint density at radius 1 is 1.24 bits per heavy atom. The van der Waals surface area contributed by atoms with Gasteiger partial charge in [-0.05, 0) is 24.3 Å². The van der Waals surface area contributed by atoms with Crippen molar-refractivity contribution in [1.82, 2.24) is 5.32 Å². The van der Waals surface area contributed by atoms with Crippen molar-refractivity contribution in [2.75, 3.05) is 0 Å². The van der Waals surface area contributed by atoms with Crippen LogP contribution in [0.15, 0.2) is 30.3 Å². The third-order valence-electron chi connectivity index (χ3n) is 4.88. The fourth-order valence-electron chi connectivity index (χ4n) is 3.47. The number of nitrogens with two attached hydrogens (primary N) is 1. The predicted molar refractivity (Wildman–Crippen MR) is 86.7 cm³/mol.